The zero-order valence-electron chi connectivity index (χ0n) is 10.6. The minimum Gasteiger partial charge on any atom is -0.386 e. The summed E-state index contributed by atoms with van der Waals surface area (Å²) in [6, 6.07) is 4.12. The molecule has 2 N–H and O–H groups in total. The SMILES string of the molecule is CC(=O)c1ccc([C@@H](O)[C@@H](CF)NC(=O)C(F)F)cc1. The van der Waals surface area contributed by atoms with Crippen molar-refractivity contribution in [2.45, 2.75) is 25.5 Å². The van der Waals surface area contributed by atoms with Gasteiger partial charge in [-0.05, 0) is 12.5 Å². The molecule has 1 amide bonds. The van der Waals surface area contributed by atoms with E-state index in [0.717, 1.165) is 0 Å². The third kappa shape index (κ3) is 4.06. The summed E-state index contributed by atoms with van der Waals surface area (Å²) in [6.07, 6.45) is -4.76. The lowest BCUT2D eigenvalue weighted by atomic mass is 10.0. The summed E-state index contributed by atoms with van der Waals surface area (Å²) >= 11 is 0. The van der Waals surface area contributed by atoms with Crippen LogP contribution in [0.5, 0.6) is 0 Å². The van der Waals surface area contributed by atoms with Gasteiger partial charge in [-0.3, -0.25) is 9.59 Å². The topological polar surface area (TPSA) is 66.4 Å². The molecule has 1 rings (SSSR count). The molecule has 110 valence electrons. The molecule has 4 nitrogen and oxygen atoms in total. The molecule has 20 heavy (non-hydrogen) atoms. The Balaban J connectivity index is 2.82. The molecule has 0 aliphatic heterocycles. The van der Waals surface area contributed by atoms with Crippen LogP contribution in [-0.4, -0.2) is 35.9 Å². The fourth-order valence-electron chi connectivity index (χ4n) is 1.59. The molecule has 2 atom stereocenters. The number of Topliss-reactive ketones (excluding diaryl/α,β-unsaturated/α-hetero) is 1. The largest absolute Gasteiger partial charge is 0.386 e. The Kier molecular flexibility index (Phi) is 5.69. The van der Waals surface area contributed by atoms with Gasteiger partial charge in [0.05, 0.1) is 6.04 Å². The second-order valence-electron chi connectivity index (χ2n) is 4.19. The van der Waals surface area contributed by atoms with Gasteiger partial charge in [0.2, 0.25) is 0 Å². The van der Waals surface area contributed by atoms with Crippen molar-refractivity contribution >= 4 is 11.7 Å². The third-order valence-corrected chi connectivity index (χ3v) is 2.73. The second-order valence-corrected chi connectivity index (χ2v) is 4.19. The maximum absolute atomic E-state index is 12.8. The van der Waals surface area contributed by atoms with Crippen LogP contribution in [0.4, 0.5) is 13.2 Å². The molecule has 0 spiro atoms. The highest BCUT2D eigenvalue weighted by Gasteiger charge is 2.26. The number of benzene rings is 1. The quantitative estimate of drug-likeness (QED) is 0.782. The molecule has 0 aliphatic rings. The van der Waals surface area contributed by atoms with Crippen molar-refractivity contribution in [1.82, 2.24) is 5.32 Å². The van der Waals surface area contributed by atoms with Gasteiger partial charge in [-0.15, -0.1) is 0 Å². The zero-order valence-corrected chi connectivity index (χ0v) is 10.6. The molecule has 0 saturated carbocycles. The highest BCUT2D eigenvalue weighted by Crippen LogP contribution is 2.18. The fraction of sp³-hybridized carbons (Fsp3) is 0.385. The Hall–Kier alpha value is -1.89. The van der Waals surface area contributed by atoms with E-state index in [1.165, 1.54) is 31.2 Å². The zero-order chi connectivity index (χ0) is 15.3. The Morgan fingerprint density at radius 2 is 1.80 bits per heavy atom. The number of hydrogen-bond acceptors (Lipinski definition) is 3. The second kappa shape index (κ2) is 7.04. The number of hydrogen-bond donors (Lipinski definition) is 2. The lowest BCUT2D eigenvalue weighted by Crippen LogP contribution is -2.43. The summed E-state index contributed by atoms with van der Waals surface area (Å²) in [5, 5.41) is 11.6. The summed E-state index contributed by atoms with van der Waals surface area (Å²) in [5.74, 6) is -1.83. The van der Waals surface area contributed by atoms with Gasteiger partial charge in [-0.1, -0.05) is 24.3 Å². The first-order valence-corrected chi connectivity index (χ1v) is 5.80. The lowest BCUT2D eigenvalue weighted by molar-refractivity contribution is -0.133. The molecule has 0 aromatic heterocycles. The van der Waals surface area contributed by atoms with Gasteiger partial charge in [0.15, 0.2) is 5.78 Å². The van der Waals surface area contributed by atoms with Gasteiger partial charge >= 0.3 is 6.43 Å². The standard InChI is InChI=1S/C13H14F3NO3/c1-7(18)8-2-4-9(5-3-8)11(19)10(6-14)17-13(20)12(15)16/h2-5,10-12,19H,6H2,1H3,(H,17,20)/t10-,11-/m1/s1. The average Bonchev–Trinajstić information content (AvgIpc) is 2.43. The van der Waals surface area contributed by atoms with Gasteiger partial charge in [0.25, 0.3) is 5.91 Å². The number of halogens is 3. The molecule has 0 unspecified atom stereocenters. The van der Waals surface area contributed by atoms with Crippen molar-refractivity contribution in [3.63, 3.8) is 0 Å². The first kappa shape index (κ1) is 16.2. The number of carbonyl (C=O) groups is 2. The molecule has 0 heterocycles. The molecule has 0 fully saturated rings. The minimum absolute atomic E-state index is 0.181. The highest BCUT2D eigenvalue weighted by atomic mass is 19.3. The normalized spacial score (nSPS) is 13.9. The molecule has 7 heteroatoms. The Morgan fingerprint density at radius 3 is 2.20 bits per heavy atom. The van der Waals surface area contributed by atoms with Crippen LogP contribution in [0.2, 0.25) is 0 Å². The fourth-order valence-corrected chi connectivity index (χ4v) is 1.59. The van der Waals surface area contributed by atoms with Crippen LogP contribution in [0.15, 0.2) is 24.3 Å². The van der Waals surface area contributed by atoms with Gasteiger partial charge in [-0.2, -0.15) is 8.78 Å². The van der Waals surface area contributed by atoms with Crippen molar-refractivity contribution in [3.8, 4) is 0 Å². The number of alkyl halides is 3. The maximum atomic E-state index is 12.8. The van der Waals surface area contributed by atoms with Gasteiger partial charge < -0.3 is 10.4 Å². The number of aliphatic hydroxyl groups excluding tert-OH is 1. The predicted octanol–water partition coefficient (Wildman–Crippen LogP) is 1.64. The van der Waals surface area contributed by atoms with Crippen molar-refractivity contribution in [2.75, 3.05) is 6.67 Å². The van der Waals surface area contributed by atoms with E-state index in [2.05, 4.69) is 0 Å². The molecule has 1 aromatic rings. The molecule has 1 aromatic carbocycles. The van der Waals surface area contributed by atoms with Crippen LogP contribution >= 0.6 is 0 Å². The summed E-state index contributed by atoms with van der Waals surface area (Å²) < 4.78 is 36.9. The van der Waals surface area contributed by atoms with Crippen LogP contribution in [-0.2, 0) is 4.79 Å². The number of rotatable bonds is 6. The van der Waals surface area contributed by atoms with E-state index in [1.54, 1.807) is 5.32 Å². The summed E-state index contributed by atoms with van der Waals surface area (Å²) in [4.78, 5) is 21.9. The van der Waals surface area contributed by atoms with Gasteiger partial charge in [-0.25, -0.2) is 4.39 Å². The monoisotopic (exact) mass is 289 g/mol. The van der Waals surface area contributed by atoms with E-state index in [9.17, 15) is 27.9 Å². The Morgan fingerprint density at radius 1 is 1.25 bits per heavy atom. The van der Waals surface area contributed by atoms with E-state index in [4.69, 9.17) is 0 Å². The number of nitrogens with one attached hydrogen (secondary N) is 1. The highest BCUT2D eigenvalue weighted by molar-refractivity contribution is 5.94. The van der Waals surface area contributed by atoms with E-state index in [1.807, 2.05) is 0 Å². The molecule has 0 bridgehead atoms. The number of ketones is 1. The van der Waals surface area contributed by atoms with E-state index in [0.29, 0.717) is 5.56 Å². The van der Waals surface area contributed by atoms with E-state index in [-0.39, 0.29) is 11.3 Å². The Labute approximate surface area is 113 Å². The van der Waals surface area contributed by atoms with Crippen LogP contribution in [0, 0.1) is 0 Å². The molecular formula is C13H14F3NO3. The number of aliphatic hydroxyl groups is 1. The van der Waals surface area contributed by atoms with E-state index >= 15 is 0 Å². The van der Waals surface area contributed by atoms with Gasteiger partial charge in [0.1, 0.15) is 12.8 Å². The average molecular weight is 289 g/mol. The molecule has 0 aliphatic carbocycles. The summed E-state index contributed by atoms with van der Waals surface area (Å²) in [6.45, 7) is 0.159. The summed E-state index contributed by atoms with van der Waals surface area (Å²) in [5.41, 5.74) is 0.613. The van der Waals surface area contributed by atoms with E-state index < -0.39 is 31.2 Å². The van der Waals surface area contributed by atoms with Crippen molar-refractivity contribution in [2.24, 2.45) is 0 Å². The summed E-state index contributed by atoms with van der Waals surface area (Å²) in [7, 11) is 0. The molecule has 0 saturated heterocycles. The maximum Gasteiger partial charge on any atom is 0.315 e. The van der Waals surface area contributed by atoms with Crippen molar-refractivity contribution in [3.05, 3.63) is 35.4 Å². The minimum atomic E-state index is -3.28. The number of amides is 1. The first-order chi connectivity index (χ1) is 9.36. The predicted molar refractivity (Wildman–Crippen MR) is 65.3 cm³/mol. The van der Waals surface area contributed by atoms with Crippen molar-refractivity contribution < 1.29 is 27.9 Å². The van der Waals surface area contributed by atoms with Crippen LogP contribution < -0.4 is 5.32 Å². The van der Waals surface area contributed by atoms with Gasteiger partial charge in [0, 0.05) is 5.56 Å². The van der Waals surface area contributed by atoms with Crippen LogP contribution in [0.3, 0.4) is 0 Å². The molecule has 0 radical (unpaired) electrons. The number of carbonyl (C=O) groups excluding carboxylic acids is 2. The molecular weight excluding hydrogens is 275 g/mol. The first-order valence-electron chi connectivity index (χ1n) is 5.80. The third-order valence-electron chi connectivity index (χ3n) is 2.73. The van der Waals surface area contributed by atoms with Crippen LogP contribution in [0.25, 0.3) is 0 Å². The Bertz CT molecular complexity index is 476. The van der Waals surface area contributed by atoms with Crippen molar-refractivity contribution in [1.29, 1.82) is 0 Å². The van der Waals surface area contributed by atoms with Crippen LogP contribution in [0.1, 0.15) is 28.9 Å². The lowest BCUT2D eigenvalue weighted by Gasteiger charge is -2.21. The smallest absolute Gasteiger partial charge is 0.315 e.